The number of pyridine rings is 2. The molecule has 0 N–H and O–H groups in total. The molecule has 6 rings (SSSR count). The van der Waals surface area contributed by atoms with Gasteiger partial charge in [-0.05, 0) is 53.9 Å². The lowest BCUT2D eigenvalue weighted by molar-refractivity contribution is 0.202. The highest BCUT2D eigenvalue weighted by Gasteiger charge is 2.27. The maximum atomic E-state index is 5.23. The number of aromatic nitrogens is 2. The summed E-state index contributed by atoms with van der Waals surface area (Å²) in [4.78, 5) is 14.1. The van der Waals surface area contributed by atoms with Gasteiger partial charge in [0.25, 0.3) is 0 Å². The minimum Gasteiger partial charge on any atom is -0.384 e. The number of benzene rings is 3. The summed E-state index contributed by atoms with van der Waals surface area (Å²) in [5.74, 6) is 0. The molecule has 0 radical (unpaired) electrons. The number of methoxy groups -OCH3 is 1. The van der Waals surface area contributed by atoms with Crippen LogP contribution in [-0.4, -0.2) is 37.4 Å². The Morgan fingerprint density at radius 3 is 2.53 bits per heavy atom. The van der Waals surface area contributed by atoms with Crippen LogP contribution in [0.15, 0.2) is 85.2 Å². The number of rotatable bonds is 5. The lowest BCUT2D eigenvalue weighted by atomic mass is 10.0. The molecule has 5 heteroatoms. The van der Waals surface area contributed by atoms with Crippen molar-refractivity contribution in [2.45, 2.75) is 6.42 Å². The summed E-state index contributed by atoms with van der Waals surface area (Å²) in [5, 5.41) is 2.29. The number of hydrogen-bond donors (Lipinski definition) is 0. The zero-order valence-corrected chi connectivity index (χ0v) is 19.4. The fourth-order valence-electron chi connectivity index (χ4n) is 4.77. The van der Waals surface area contributed by atoms with E-state index in [4.69, 9.17) is 9.72 Å². The number of ether oxygens (including phenoxy) is 1. The van der Waals surface area contributed by atoms with Crippen LogP contribution in [0.2, 0.25) is 0 Å². The van der Waals surface area contributed by atoms with Gasteiger partial charge in [0.15, 0.2) is 0 Å². The van der Waals surface area contributed by atoms with Gasteiger partial charge in [-0.1, -0.05) is 36.4 Å². The number of fused-ring (bicyclic) bond motifs is 4. The van der Waals surface area contributed by atoms with Gasteiger partial charge in [0.05, 0.1) is 41.9 Å². The summed E-state index contributed by atoms with van der Waals surface area (Å²) in [7, 11) is 3.86. The second-order valence-electron chi connectivity index (χ2n) is 8.82. The fraction of sp³-hybridized carbons (Fsp3) is 0.172. The van der Waals surface area contributed by atoms with Gasteiger partial charge in [-0.25, -0.2) is 0 Å². The SMILES string of the molecule is COCCc1ccc(N2CN(C)c3cnc4ccc(-c5cnc6ccccc6c5)cc4c32)cc1. The fourth-order valence-corrected chi connectivity index (χ4v) is 4.77. The highest BCUT2D eigenvalue weighted by molar-refractivity contribution is 6.04. The molecule has 0 aliphatic carbocycles. The highest BCUT2D eigenvalue weighted by Crippen LogP contribution is 2.44. The molecule has 0 fully saturated rings. The predicted molar refractivity (Wildman–Crippen MR) is 140 cm³/mol. The molecule has 0 spiro atoms. The van der Waals surface area contributed by atoms with Crippen molar-refractivity contribution < 1.29 is 4.74 Å². The largest absolute Gasteiger partial charge is 0.384 e. The first-order valence-corrected chi connectivity index (χ1v) is 11.6. The van der Waals surface area contributed by atoms with Gasteiger partial charge in [0, 0.05) is 42.4 Å². The average molecular weight is 447 g/mol. The second-order valence-corrected chi connectivity index (χ2v) is 8.82. The topological polar surface area (TPSA) is 41.5 Å². The minimum atomic E-state index is 0.733. The molecule has 0 saturated heterocycles. The molecule has 168 valence electrons. The highest BCUT2D eigenvalue weighted by atomic mass is 16.5. The maximum absolute atomic E-state index is 5.23. The second kappa shape index (κ2) is 8.43. The Kier molecular flexibility index (Phi) is 5.12. The Balaban J connectivity index is 1.45. The summed E-state index contributed by atoms with van der Waals surface area (Å²) in [6, 6.07) is 25.8. The van der Waals surface area contributed by atoms with Crippen LogP contribution in [0.3, 0.4) is 0 Å². The van der Waals surface area contributed by atoms with E-state index in [1.807, 2.05) is 24.5 Å². The van der Waals surface area contributed by atoms with Gasteiger partial charge in [-0.2, -0.15) is 0 Å². The van der Waals surface area contributed by atoms with Gasteiger partial charge >= 0.3 is 0 Å². The summed E-state index contributed by atoms with van der Waals surface area (Å²) in [5.41, 5.74) is 9.06. The van der Waals surface area contributed by atoms with Gasteiger partial charge in [0.2, 0.25) is 0 Å². The number of hydrogen-bond acceptors (Lipinski definition) is 5. The molecule has 0 atom stereocenters. The standard InChI is InChI=1S/C29H26N4O/c1-32-19-33(24-10-7-20(8-11-24)13-14-34-2)29-25-16-21(9-12-27(25)31-18-28(29)32)23-15-22-5-3-4-6-26(22)30-17-23/h3-12,15-18H,13-14,19H2,1-2H3. The molecule has 0 amide bonds. The van der Waals surface area contributed by atoms with E-state index < -0.39 is 0 Å². The number of anilines is 3. The molecule has 5 aromatic rings. The first kappa shape index (κ1) is 20.6. The van der Waals surface area contributed by atoms with E-state index in [1.165, 1.54) is 16.9 Å². The Morgan fingerprint density at radius 1 is 0.853 bits per heavy atom. The van der Waals surface area contributed by atoms with Crippen molar-refractivity contribution >= 4 is 38.9 Å². The van der Waals surface area contributed by atoms with Crippen LogP contribution >= 0.6 is 0 Å². The van der Waals surface area contributed by atoms with Gasteiger partial charge in [-0.15, -0.1) is 0 Å². The lowest BCUT2D eigenvalue weighted by Gasteiger charge is -2.21. The van der Waals surface area contributed by atoms with Crippen molar-refractivity contribution in [1.82, 2.24) is 9.97 Å². The summed E-state index contributed by atoms with van der Waals surface area (Å²) in [6.45, 7) is 1.52. The van der Waals surface area contributed by atoms with Crippen molar-refractivity contribution in [2.24, 2.45) is 0 Å². The van der Waals surface area contributed by atoms with Crippen molar-refractivity contribution in [3.05, 3.63) is 90.8 Å². The van der Waals surface area contributed by atoms with Crippen LogP contribution in [0, 0.1) is 0 Å². The molecular formula is C29H26N4O. The zero-order chi connectivity index (χ0) is 23.1. The van der Waals surface area contributed by atoms with E-state index in [9.17, 15) is 0 Å². The van der Waals surface area contributed by atoms with Gasteiger partial charge < -0.3 is 14.5 Å². The third-order valence-electron chi connectivity index (χ3n) is 6.62. The van der Waals surface area contributed by atoms with Crippen LogP contribution < -0.4 is 9.80 Å². The Bertz CT molecular complexity index is 1500. The minimum absolute atomic E-state index is 0.733. The van der Waals surface area contributed by atoms with E-state index in [1.54, 1.807) is 7.11 Å². The molecule has 1 aliphatic rings. The zero-order valence-electron chi connectivity index (χ0n) is 19.4. The number of para-hydroxylation sites is 1. The third kappa shape index (κ3) is 3.55. The van der Waals surface area contributed by atoms with E-state index >= 15 is 0 Å². The normalized spacial score (nSPS) is 13.1. The Labute approximate surface area is 199 Å². The summed E-state index contributed by atoms with van der Waals surface area (Å²) < 4.78 is 5.23. The van der Waals surface area contributed by atoms with Crippen LogP contribution in [0.5, 0.6) is 0 Å². The molecular weight excluding hydrogens is 420 g/mol. The van der Waals surface area contributed by atoms with Crippen LogP contribution in [-0.2, 0) is 11.2 Å². The monoisotopic (exact) mass is 446 g/mol. The quantitative estimate of drug-likeness (QED) is 0.322. The van der Waals surface area contributed by atoms with Crippen LogP contribution in [0.25, 0.3) is 32.9 Å². The molecule has 34 heavy (non-hydrogen) atoms. The molecule has 5 nitrogen and oxygen atoms in total. The first-order chi connectivity index (χ1) is 16.7. The van der Waals surface area contributed by atoms with E-state index in [2.05, 4.69) is 82.5 Å². The van der Waals surface area contributed by atoms with E-state index in [0.29, 0.717) is 0 Å². The molecule has 3 aromatic carbocycles. The predicted octanol–water partition coefficient (Wildman–Crippen LogP) is 6.18. The van der Waals surface area contributed by atoms with E-state index in [-0.39, 0.29) is 0 Å². The third-order valence-corrected chi connectivity index (χ3v) is 6.62. The van der Waals surface area contributed by atoms with Gasteiger partial charge in [-0.3, -0.25) is 9.97 Å². The molecule has 2 aromatic heterocycles. The Morgan fingerprint density at radius 2 is 1.68 bits per heavy atom. The van der Waals surface area contributed by atoms with Crippen molar-refractivity contribution in [3.63, 3.8) is 0 Å². The van der Waals surface area contributed by atoms with Crippen LogP contribution in [0.1, 0.15) is 5.56 Å². The molecule has 0 bridgehead atoms. The van der Waals surface area contributed by atoms with Crippen molar-refractivity contribution in [3.8, 4) is 11.1 Å². The number of nitrogens with zero attached hydrogens (tertiary/aromatic N) is 4. The molecule has 1 aliphatic heterocycles. The van der Waals surface area contributed by atoms with Crippen LogP contribution in [0.4, 0.5) is 17.1 Å². The Hall–Kier alpha value is -3.96. The smallest absolute Gasteiger partial charge is 0.0950 e. The molecule has 0 saturated carbocycles. The summed E-state index contributed by atoms with van der Waals surface area (Å²) >= 11 is 0. The average Bonchev–Trinajstić information content (AvgIpc) is 3.24. The molecule has 3 heterocycles. The first-order valence-electron chi connectivity index (χ1n) is 11.6. The van der Waals surface area contributed by atoms with Crippen molar-refractivity contribution in [1.29, 1.82) is 0 Å². The summed E-state index contributed by atoms with van der Waals surface area (Å²) in [6.07, 6.45) is 4.87. The van der Waals surface area contributed by atoms with Gasteiger partial charge in [0.1, 0.15) is 0 Å². The van der Waals surface area contributed by atoms with Crippen molar-refractivity contribution in [2.75, 3.05) is 37.2 Å². The van der Waals surface area contributed by atoms with E-state index in [0.717, 1.165) is 58.3 Å². The molecule has 0 unspecified atom stereocenters. The lowest BCUT2D eigenvalue weighted by Crippen LogP contribution is -2.24. The maximum Gasteiger partial charge on any atom is 0.0950 e.